The number of nitrogens with one attached hydrogen (secondary N) is 1. The van der Waals surface area contributed by atoms with E-state index in [1.165, 1.54) is 16.7 Å². The van der Waals surface area contributed by atoms with Crippen molar-refractivity contribution in [2.75, 3.05) is 6.54 Å². The Morgan fingerprint density at radius 3 is 2.69 bits per heavy atom. The number of thiocarbonyl (C=S) groups is 1. The average molecular weight is 381 g/mol. The highest BCUT2D eigenvalue weighted by Gasteiger charge is 2.32. The first kappa shape index (κ1) is 18.0. The molecule has 2 amide bonds. The van der Waals surface area contributed by atoms with Crippen molar-refractivity contribution in [1.82, 2.24) is 15.2 Å². The van der Waals surface area contributed by atoms with Gasteiger partial charge in [-0.15, -0.1) is 6.58 Å². The topological polar surface area (TPSA) is 62.3 Å². The zero-order chi connectivity index (χ0) is 18.5. The first-order valence-electron chi connectivity index (χ1n) is 7.78. The second-order valence-electron chi connectivity index (χ2n) is 5.33. The van der Waals surface area contributed by atoms with E-state index in [2.05, 4.69) is 16.9 Å². The van der Waals surface area contributed by atoms with Gasteiger partial charge in [0.05, 0.1) is 0 Å². The number of aromatic nitrogens is 1. The van der Waals surface area contributed by atoms with E-state index in [1.807, 2.05) is 36.4 Å². The fourth-order valence-electron chi connectivity index (χ4n) is 2.34. The normalized spacial score (nSPS) is 15.9. The SMILES string of the molecule is C=CCN1C(=O)C(=Cc2cccnc2Sc2ccccc2)C(=O)NC1=S. The van der Waals surface area contributed by atoms with Crippen LogP contribution in [0.4, 0.5) is 0 Å². The molecular weight excluding hydrogens is 366 g/mol. The summed E-state index contributed by atoms with van der Waals surface area (Å²) in [5, 5.41) is 3.33. The molecule has 0 aliphatic carbocycles. The summed E-state index contributed by atoms with van der Waals surface area (Å²) in [7, 11) is 0. The number of hydrogen-bond donors (Lipinski definition) is 1. The molecule has 130 valence electrons. The largest absolute Gasteiger partial charge is 0.298 e. The molecule has 1 aliphatic rings. The predicted molar refractivity (Wildman–Crippen MR) is 105 cm³/mol. The predicted octanol–water partition coefficient (Wildman–Crippen LogP) is 3.05. The summed E-state index contributed by atoms with van der Waals surface area (Å²) >= 11 is 6.52. The Kier molecular flexibility index (Phi) is 5.60. The first-order valence-corrected chi connectivity index (χ1v) is 9.00. The molecule has 1 saturated heterocycles. The summed E-state index contributed by atoms with van der Waals surface area (Å²) in [6, 6.07) is 13.3. The molecule has 1 fully saturated rings. The number of nitrogens with zero attached hydrogens (tertiary/aromatic N) is 2. The second kappa shape index (κ2) is 8.07. The van der Waals surface area contributed by atoms with Gasteiger partial charge in [-0.3, -0.25) is 19.8 Å². The van der Waals surface area contributed by atoms with Gasteiger partial charge < -0.3 is 0 Å². The molecule has 0 unspecified atom stereocenters. The molecule has 26 heavy (non-hydrogen) atoms. The highest BCUT2D eigenvalue weighted by molar-refractivity contribution is 7.99. The van der Waals surface area contributed by atoms with Gasteiger partial charge >= 0.3 is 0 Å². The third-order valence-electron chi connectivity index (χ3n) is 3.56. The third-order valence-corrected chi connectivity index (χ3v) is 4.92. The van der Waals surface area contributed by atoms with Gasteiger partial charge in [0, 0.05) is 23.2 Å². The Labute approximate surface area is 160 Å². The van der Waals surface area contributed by atoms with Crippen LogP contribution in [0.5, 0.6) is 0 Å². The van der Waals surface area contributed by atoms with E-state index < -0.39 is 11.8 Å². The van der Waals surface area contributed by atoms with E-state index in [0.717, 1.165) is 4.90 Å². The quantitative estimate of drug-likeness (QED) is 0.373. The maximum Gasteiger partial charge on any atom is 0.265 e. The van der Waals surface area contributed by atoms with Crippen LogP contribution in [0.15, 0.2) is 76.8 Å². The standard InChI is InChI=1S/C19H15N3O2S2/c1-2-11-22-18(24)15(16(23)21-19(22)25)12-13-7-6-10-20-17(13)26-14-8-4-3-5-9-14/h2-10,12H,1,11H2,(H,21,23,25). The van der Waals surface area contributed by atoms with Crippen LogP contribution in [0.1, 0.15) is 5.56 Å². The highest BCUT2D eigenvalue weighted by atomic mass is 32.2. The van der Waals surface area contributed by atoms with Gasteiger partial charge in [-0.1, -0.05) is 42.1 Å². The van der Waals surface area contributed by atoms with Crippen molar-refractivity contribution in [2.45, 2.75) is 9.92 Å². The lowest BCUT2D eigenvalue weighted by molar-refractivity contribution is -0.128. The average Bonchev–Trinajstić information content (AvgIpc) is 2.64. The Balaban J connectivity index is 1.96. The van der Waals surface area contributed by atoms with Gasteiger partial charge in [-0.05, 0) is 36.5 Å². The summed E-state index contributed by atoms with van der Waals surface area (Å²) in [5.74, 6) is -0.960. The molecule has 0 saturated carbocycles. The fourth-order valence-corrected chi connectivity index (χ4v) is 3.47. The van der Waals surface area contributed by atoms with Crippen LogP contribution in [0, 0.1) is 0 Å². The van der Waals surface area contributed by atoms with E-state index in [4.69, 9.17) is 12.2 Å². The number of amides is 2. The van der Waals surface area contributed by atoms with E-state index in [1.54, 1.807) is 24.4 Å². The molecule has 1 aromatic carbocycles. The lowest BCUT2D eigenvalue weighted by atomic mass is 10.1. The van der Waals surface area contributed by atoms with Crippen LogP contribution in [-0.2, 0) is 9.59 Å². The molecule has 1 N–H and O–H groups in total. The van der Waals surface area contributed by atoms with Gasteiger partial charge in [0.25, 0.3) is 11.8 Å². The van der Waals surface area contributed by atoms with Gasteiger partial charge in [0.15, 0.2) is 5.11 Å². The van der Waals surface area contributed by atoms with Crippen LogP contribution in [0.2, 0.25) is 0 Å². The molecule has 2 aromatic rings. The smallest absolute Gasteiger partial charge is 0.265 e. The van der Waals surface area contributed by atoms with Crippen molar-refractivity contribution in [1.29, 1.82) is 0 Å². The first-order chi connectivity index (χ1) is 12.6. The van der Waals surface area contributed by atoms with E-state index in [9.17, 15) is 9.59 Å². The van der Waals surface area contributed by atoms with Crippen LogP contribution in [0.3, 0.4) is 0 Å². The summed E-state index contributed by atoms with van der Waals surface area (Å²) in [6.07, 6.45) is 4.78. The Bertz CT molecular complexity index is 910. The minimum atomic E-state index is -0.514. The number of rotatable bonds is 5. The minimum absolute atomic E-state index is 0.0170. The molecule has 0 spiro atoms. The van der Waals surface area contributed by atoms with Gasteiger partial charge in [-0.2, -0.15) is 0 Å². The number of benzene rings is 1. The van der Waals surface area contributed by atoms with Crippen LogP contribution in [0.25, 0.3) is 6.08 Å². The lowest BCUT2D eigenvalue weighted by Crippen LogP contribution is -2.53. The monoisotopic (exact) mass is 381 g/mol. The van der Waals surface area contributed by atoms with Crippen molar-refractivity contribution in [3.05, 3.63) is 72.5 Å². The molecule has 3 rings (SSSR count). The van der Waals surface area contributed by atoms with Crippen LogP contribution >= 0.6 is 24.0 Å². The molecule has 1 aromatic heterocycles. The molecule has 5 nitrogen and oxygen atoms in total. The molecular formula is C19H15N3O2S2. The molecule has 0 bridgehead atoms. The number of carbonyl (C=O) groups excluding carboxylic acids is 2. The Hall–Kier alpha value is -2.77. The number of hydrogen-bond acceptors (Lipinski definition) is 5. The highest BCUT2D eigenvalue weighted by Crippen LogP contribution is 2.30. The number of pyridine rings is 1. The Morgan fingerprint density at radius 1 is 1.19 bits per heavy atom. The van der Waals surface area contributed by atoms with E-state index in [0.29, 0.717) is 10.6 Å². The maximum absolute atomic E-state index is 12.6. The van der Waals surface area contributed by atoms with Crippen LogP contribution in [-0.4, -0.2) is 33.4 Å². The summed E-state index contributed by atoms with van der Waals surface area (Å²) in [5.41, 5.74) is 0.703. The van der Waals surface area contributed by atoms with E-state index in [-0.39, 0.29) is 17.2 Å². The second-order valence-corrected chi connectivity index (χ2v) is 6.78. The van der Waals surface area contributed by atoms with Gasteiger partial charge in [0.2, 0.25) is 0 Å². The lowest BCUT2D eigenvalue weighted by Gasteiger charge is -2.27. The maximum atomic E-state index is 12.6. The summed E-state index contributed by atoms with van der Waals surface area (Å²) < 4.78 is 0. The molecule has 1 aliphatic heterocycles. The van der Waals surface area contributed by atoms with Crippen molar-refractivity contribution in [3.8, 4) is 0 Å². The Morgan fingerprint density at radius 2 is 1.96 bits per heavy atom. The van der Waals surface area contributed by atoms with Crippen molar-refractivity contribution in [3.63, 3.8) is 0 Å². The zero-order valence-corrected chi connectivity index (χ0v) is 15.3. The summed E-state index contributed by atoms with van der Waals surface area (Å²) in [4.78, 5) is 31.6. The van der Waals surface area contributed by atoms with Crippen LogP contribution < -0.4 is 5.32 Å². The minimum Gasteiger partial charge on any atom is -0.298 e. The van der Waals surface area contributed by atoms with Crippen molar-refractivity contribution >= 4 is 47.0 Å². The van der Waals surface area contributed by atoms with E-state index >= 15 is 0 Å². The molecule has 2 heterocycles. The number of carbonyl (C=O) groups is 2. The van der Waals surface area contributed by atoms with Crippen molar-refractivity contribution in [2.24, 2.45) is 0 Å². The zero-order valence-electron chi connectivity index (χ0n) is 13.7. The molecule has 0 atom stereocenters. The third kappa shape index (κ3) is 3.89. The molecule has 0 radical (unpaired) electrons. The fraction of sp³-hybridized carbons (Fsp3) is 0.0526. The van der Waals surface area contributed by atoms with Gasteiger partial charge in [0.1, 0.15) is 10.6 Å². The molecule has 7 heteroatoms. The van der Waals surface area contributed by atoms with Gasteiger partial charge in [-0.25, -0.2) is 4.98 Å². The van der Waals surface area contributed by atoms with Crippen molar-refractivity contribution < 1.29 is 9.59 Å². The summed E-state index contributed by atoms with van der Waals surface area (Å²) in [6.45, 7) is 3.84.